The lowest BCUT2D eigenvalue weighted by Gasteiger charge is -2.07. The van der Waals surface area contributed by atoms with Gasteiger partial charge in [-0.2, -0.15) is 5.10 Å². The van der Waals surface area contributed by atoms with Gasteiger partial charge in [0, 0.05) is 30.5 Å². The summed E-state index contributed by atoms with van der Waals surface area (Å²) in [5, 5.41) is 7.60. The Morgan fingerprint density at radius 2 is 2.00 bits per heavy atom. The molecule has 0 radical (unpaired) electrons. The Labute approximate surface area is 108 Å². The minimum Gasteiger partial charge on any atom is -0.494 e. The van der Waals surface area contributed by atoms with Crippen molar-refractivity contribution in [3.63, 3.8) is 0 Å². The lowest BCUT2D eigenvalue weighted by molar-refractivity contribution is 0.340. The quantitative estimate of drug-likeness (QED) is 0.880. The van der Waals surface area contributed by atoms with E-state index in [0.29, 0.717) is 6.61 Å². The Kier molecular flexibility index (Phi) is 3.87. The van der Waals surface area contributed by atoms with Gasteiger partial charge in [-0.15, -0.1) is 0 Å². The van der Waals surface area contributed by atoms with E-state index in [-0.39, 0.29) is 0 Å². The zero-order valence-electron chi connectivity index (χ0n) is 11.1. The van der Waals surface area contributed by atoms with Crippen LogP contribution in [0.5, 0.6) is 5.75 Å². The van der Waals surface area contributed by atoms with Gasteiger partial charge in [-0.05, 0) is 38.1 Å². The number of rotatable bonds is 5. The van der Waals surface area contributed by atoms with Crippen LogP contribution in [0.2, 0.25) is 0 Å². The van der Waals surface area contributed by atoms with Crippen LogP contribution >= 0.6 is 0 Å². The molecule has 4 heteroatoms. The fraction of sp³-hybridized carbons (Fsp3) is 0.357. The van der Waals surface area contributed by atoms with Gasteiger partial charge >= 0.3 is 0 Å². The number of hydrogen-bond acceptors (Lipinski definition) is 3. The van der Waals surface area contributed by atoms with Gasteiger partial charge in [0.1, 0.15) is 5.75 Å². The largest absolute Gasteiger partial charge is 0.494 e. The first kappa shape index (κ1) is 12.5. The summed E-state index contributed by atoms with van der Waals surface area (Å²) in [7, 11) is 1.95. The molecule has 96 valence electrons. The summed E-state index contributed by atoms with van der Waals surface area (Å²) in [6, 6.07) is 8.00. The highest BCUT2D eigenvalue weighted by Crippen LogP contribution is 2.16. The molecule has 18 heavy (non-hydrogen) atoms. The van der Waals surface area contributed by atoms with Gasteiger partial charge < -0.3 is 10.1 Å². The Balaban J connectivity index is 1.96. The van der Waals surface area contributed by atoms with Crippen LogP contribution in [0.15, 0.2) is 30.5 Å². The first-order chi connectivity index (χ1) is 8.70. The highest BCUT2D eigenvalue weighted by atomic mass is 16.5. The molecule has 0 saturated heterocycles. The van der Waals surface area contributed by atoms with E-state index >= 15 is 0 Å². The van der Waals surface area contributed by atoms with Crippen molar-refractivity contribution >= 4 is 5.69 Å². The Morgan fingerprint density at radius 3 is 2.56 bits per heavy atom. The average Bonchev–Trinajstić information content (AvgIpc) is 2.70. The molecule has 1 heterocycles. The van der Waals surface area contributed by atoms with E-state index in [1.165, 1.54) is 11.3 Å². The van der Waals surface area contributed by atoms with E-state index in [2.05, 4.69) is 17.3 Å². The standard InChI is InChI=1S/C14H19N3O/c1-4-18-14-7-5-13(6-8-14)15-9-12-10-16-17(3)11(12)2/h5-8,10,15H,4,9H2,1-3H3. The van der Waals surface area contributed by atoms with Crippen LogP contribution in [0.25, 0.3) is 0 Å². The average molecular weight is 245 g/mol. The molecule has 2 aromatic rings. The Hall–Kier alpha value is -1.97. The summed E-state index contributed by atoms with van der Waals surface area (Å²) in [6.45, 7) is 5.54. The lowest BCUT2D eigenvalue weighted by atomic mass is 10.2. The molecule has 0 spiro atoms. The van der Waals surface area contributed by atoms with Crippen LogP contribution in [0.3, 0.4) is 0 Å². The van der Waals surface area contributed by atoms with Crippen molar-refractivity contribution in [2.45, 2.75) is 20.4 Å². The summed E-state index contributed by atoms with van der Waals surface area (Å²) < 4.78 is 7.29. The molecule has 0 atom stereocenters. The van der Waals surface area contributed by atoms with Gasteiger partial charge in [-0.3, -0.25) is 4.68 Å². The third kappa shape index (κ3) is 2.83. The van der Waals surface area contributed by atoms with Crippen molar-refractivity contribution in [1.29, 1.82) is 0 Å². The molecule has 2 rings (SSSR count). The highest BCUT2D eigenvalue weighted by molar-refractivity contribution is 5.46. The van der Waals surface area contributed by atoms with Crippen molar-refractivity contribution in [3.8, 4) is 5.75 Å². The van der Waals surface area contributed by atoms with E-state index in [0.717, 1.165) is 18.0 Å². The number of nitrogens with one attached hydrogen (secondary N) is 1. The number of hydrogen-bond donors (Lipinski definition) is 1. The van der Waals surface area contributed by atoms with Crippen molar-refractivity contribution in [2.24, 2.45) is 7.05 Å². The smallest absolute Gasteiger partial charge is 0.119 e. The predicted octanol–water partition coefficient (Wildman–Crippen LogP) is 2.74. The van der Waals surface area contributed by atoms with Crippen LogP contribution in [-0.2, 0) is 13.6 Å². The van der Waals surface area contributed by atoms with E-state index in [4.69, 9.17) is 4.74 Å². The minimum absolute atomic E-state index is 0.696. The lowest BCUT2D eigenvalue weighted by Crippen LogP contribution is -2.01. The van der Waals surface area contributed by atoms with E-state index in [9.17, 15) is 0 Å². The van der Waals surface area contributed by atoms with Crippen molar-refractivity contribution in [1.82, 2.24) is 9.78 Å². The molecule has 0 aliphatic heterocycles. The second-order valence-corrected chi connectivity index (χ2v) is 4.19. The van der Waals surface area contributed by atoms with E-state index in [1.807, 2.05) is 49.1 Å². The van der Waals surface area contributed by atoms with Gasteiger partial charge in [-0.25, -0.2) is 0 Å². The maximum Gasteiger partial charge on any atom is 0.119 e. The van der Waals surface area contributed by atoms with Crippen molar-refractivity contribution in [2.75, 3.05) is 11.9 Å². The molecule has 4 nitrogen and oxygen atoms in total. The number of nitrogens with zero attached hydrogens (tertiary/aromatic N) is 2. The van der Waals surface area contributed by atoms with E-state index in [1.54, 1.807) is 0 Å². The number of aryl methyl sites for hydroxylation is 1. The molecule has 1 aromatic heterocycles. The summed E-state index contributed by atoms with van der Waals surface area (Å²) in [6.07, 6.45) is 1.90. The van der Waals surface area contributed by atoms with Gasteiger partial charge in [0.25, 0.3) is 0 Å². The molecule has 0 fully saturated rings. The van der Waals surface area contributed by atoms with Gasteiger partial charge in [0.05, 0.1) is 12.8 Å². The van der Waals surface area contributed by atoms with Crippen LogP contribution in [-0.4, -0.2) is 16.4 Å². The van der Waals surface area contributed by atoms with Crippen LogP contribution in [0.1, 0.15) is 18.2 Å². The molecule has 1 N–H and O–H groups in total. The molecular weight excluding hydrogens is 226 g/mol. The van der Waals surface area contributed by atoms with Gasteiger partial charge in [-0.1, -0.05) is 0 Å². The SMILES string of the molecule is CCOc1ccc(NCc2cnn(C)c2C)cc1. The number of ether oxygens (including phenoxy) is 1. The molecule has 1 aromatic carbocycles. The third-order valence-corrected chi connectivity index (χ3v) is 2.99. The van der Waals surface area contributed by atoms with Gasteiger partial charge in [0.2, 0.25) is 0 Å². The summed E-state index contributed by atoms with van der Waals surface area (Å²) in [5.74, 6) is 0.903. The summed E-state index contributed by atoms with van der Waals surface area (Å²) >= 11 is 0. The first-order valence-electron chi connectivity index (χ1n) is 6.15. The zero-order chi connectivity index (χ0) is 13.0. The second kappa shape index (κ2) is 5.58. The third-order valence-electron chi connectivity index (χ3n) is 2.99. The number of aromatic nitrogens is 2. The second-order valence-electron chi connectivity index (χ2n) is 4.19. The molecular formula is C14H19N3O. The predicted molar refractivity (Wildman–Crippen MR) is 72.9 cm³/mol. The maximum atomic E-state index is 5.40. The molecule has 0 amide bonds. The molecule has 0 aliphatic rings. The first-order valence-corrected chi connectivity index (χ1v) is 6.15. The van der Waals surface area contributed by atoms with Crippen molar-refractivity contribution < 1.29 is 4.74 Å². The van der Waals surface area contributed by atoms with E-state index < -0.39 is 0 Å². The monoisotopic (exact) mass is 245 g/mol. The number of anilines is 1. The van der Waals surface area contributed by atoms with Gasteiger partial charge in [0.15, 0.2) is 0 Å². The maximum absolute atomic E-state index is 5.40. The fourth-order valence-corrected chi connectivity index (χ4v) is 1.75. The number of benzene rings is 1. The van der Waals surface area contributed by atoms with Crippen LogP contribution in [0.4, 0.5) is 5.69 Å². The molecule has 0 unspecified atom stereocenters. The summed E-state index contributed by atoms with van der Waals surface area (Å²) in [4.78, 5) is 0. The highest BCUT2D eigenvalue weighted by Gasteiger charge is 2.03. The summed E-state index contributed by atoms with van der Waals surface area (Å²) in [5.41, 5.74) is 3.49. The molecule has 0 saturated carbocycles. The molecule has 0 aliphatic carbocycles. The molecule has 0 bridgehead atoms. The Morgan fingerprint density at radius 1 is 1.28 bits per heavy atom. The van der Waals surface area contributed by atoms with Crippen LogP contribution < -0.4 is 10.1 Å². The minimum atomic E-state index is 0.696. The van der Waals surface area contributed by atoms with Crippen molar-refractivity contribution in [3.05, 3.63) is 41.7 Å². The fourth-order valence-electron chi connectivity index (χ4n) is 1.75. The Bertz CT molecular complexity index is 502. The van der Waals surface area contributed by atoms with Crippen LogP contribution in [0, 0.1) is 6.92 Å². The normalized spacial score (nSPS) is 10.4. The topological polar surface area (TPSA) is 39.1 Å². The zero-order valence-corrected chi connectivity index (χ0v) is 11.1.